The molecule has 1 rings (SSSR count). The second-order valence-corrected chi connectivity index (χ2v) is 6.92. The lowest BCUT2D eigenvalue weighted by molar-refractivity contribution is -0.150. The van der Waals surface area contributed by atoms with E-state index in [1.165, 1.54) is 0 Å². The summed E-state index contributed by atoms with van der Waals surface area (Å²) in [4.78, 5) is 26.5. The van der Waals surface area contributed by atoms with E-state index in [2.05, 4.69) is 19.2 Å². The van der Waals surface area contributed by atoms with Crippen molar-refractivity contribution in [3.05, 3.63) is 0 Å². The van der Waals surface area contributed by atoms with Gasteiger partial charge in [-0.1, -0.05) is 53.9 Å². The number of hydrogen-bond donors (Lipinski definition) is 1. The number of amides is 2. The SMILES string of the molecule is CCCCC(CCC)N1CC(=O)NC(C(C)(C)C)C1=O. The minimum absolute atomic E-state index is 0.0258. The van der Waals surface area contributed by atoms with Gasteiger partial charge < -0.3 is 10.2 Å². The van der Waals surface area contributed by atoms with Gasteiger partial charge in [-0.2, -0.15) is 0 Å². The number of nitrogens with zero attached hydrogens (tertiary/aromatic N) is 1. The Hall–Kier alpha value is -1.06. The lowest BCUT2D eigenvalue weighted by Gasteiger charge is -2.42. The fourth-order valence-electron chi connectivity index (χ4n) is 2.79. The first-order valence-corrected chi connectivity index (χ1v) is 7.91. The van der Waals surface area contributed by atoms with E-state index < -0.39 is 6.04 Å². The monoisotopic (exact) mass is 282 g/mol. The predicted molar refractivity (Wildman–Crippen MR) is 81.3 cm³/mol. The Kier molecular flexibility index (Phi) is 6.03. The Morgan fingerprint density at radius 2 is 1.85 bits per heavy atom. The van der Waals surface area contributed by atoms with Crippen molar-refractivity contribution in [2.45, 2.75) is 78.8 Å². The minimum Gasteiger partial charge on any atom is -0.342 e. The van der Waals surface area contributed by atoms with E-state index in [1.807, 2.05) is 25.7 Å². The fourth-order valence-corrected chi connectivity index (χ4v) is 2.79. The Morgan fingerprint density at radius 3 is 2.35 bits per heavy atom. The molecule has 0 aromatic heterocycles. The van der Waals surface area contributed by atoms with Gasteiger partial charge in [0.15, 0.2) is 0 Å². The van der Waals surface area contributed by atoms with Gasteiger partial charge in [0, 0.05) is 6.04 Å². The number of rotatable bonds is 6. The van der Waals surface area contributed by atoms with Crippen molar-refractivity contribution in [2.75, 3.05) is 6.54 Å². The number of carbonyl (C=O) groups excluding carboxylic acids is 2. The number of nitrogens with one attached hydrogen (secondary N) is 1. The third-order valence-corrected chi connectivity index (χ3v) is 3.97. The highest BCUT2D eigenvalue weighted by molar-refractivity contribution is 5.95. The molecule has 0 aromatic rings. The molecule has 4 nitrogen and oxygen atoms in total. The Labute approximate surface area is 123 Å². The molecule has 1 saturated heterocycles. The van der Waals surface area contributed by atoms with E-state index in [0.717, 1.165) is 32.1 Å². The summed E-state index contributed by atoms with van der Waals surface area (Å²) in [7, 11) is 0. The zero-order valence-electron chi connectivity index (χ0n) is 13.7. The lowest BCUT2D eigenvalue weighted by atomic mass is 9.84. The standard InChI is InChI=1S/C16H30N2O2/c1-6-8-10-12(9-7-2)18-11-13(19)17-14(15(18)20)16(3,4)5/h12,14H,6-11H2,1-5H3,(H,17,19). The zero-order valence-corrected chi connectivity index (χ0v) is 13.7. The van der Waals surface area contributed by atoms with Crippen molar-refractivity contribution in [1.29, 1.82) is 0 Å². The second-order valence-electron chi connectivity index (χ2n) is 6.92. The summed E-state index contributed by atoms with van der Waals surface area (Å²) in [6.45, 7) is 10.5. The Bertz CT molecular complexity index is 347. The van der Waals surface area contributed by atoms with Crippen LogP contribution in [0.1, 0.15) is 66.7 Å². The first kappa shape index (κ1) is 17.0. The minimum atomic E-state index is -0.398. The molecule has 2 unspecified atom stereocenters. The fraction of sp³-hybridized carbons (Fsp3) is 0.875. The van der Waals surface area contributed by atoms with Crippen LogP contribution in [0.25, 0.3) is 0 Å². The highest BCUT2D eigenvalue weighted by Gasteiger charge is 2.41. The van der Waals surface area contributed by atoms with Crippen molar-refractivity contribution in [2.24, 2.45) is 5.41 Å². The Morgan fingerprint density at radius 1 is 1.20 bits per heavy atom. The molecule has 0 saturated carbocycles. The Balaban J connectivity index is 2.89. The predicted octanol–water partition coefficient (Wildman–Crippen LogP) is 2.72. The average molecular weight is 282 g/mol. The molecule has 0 bridgehead atoms. The lowest BCUT2D eigenvalue weighted by Crippen LogP contribution is -2.64. The summed E-state index contributed by atoms with van der Waals surface area (Å²) < 4.78 is 0. The van der Waals surface area contributed by atoms with E-state index in [0.29, 0.717) is 0 Å². The molecule has 0 radical (unpaired) electrons. The van der Waals surface area contributed by atoms with Gasteiger partial charge in [-0.3, -0.25) is 9.59 Å². The number of carbonyl (C=O) groups is 2. The summed E-state index contributed by atoms with van der Waals surface area (Å²) in [6.07, 6.45) is 5.25. The van der Waals surface area contributed by atoms with Gasteiger partial charge in [-0.15, -0.1) is 0 Å². The molecule has 0 aromatic carbocycles. The van der Waals surface area contributed by atoms with E-state index in [-0.39, 0.29) is 29.8 Å². The second kappa shape index (κ2) is 7.09. The topological polar surface area (TPSA) is 49.4 Å². The van der Waals surface area contributed by atoms with Crippen LogP contribution in [0.4, 0.5) is 0 Å². The molecular formula is C16H30N2O2. The van der Waals surface area contributed by atoms with Crippen LogP contribution in [-0.2, 0) is 9.59 Å². The van der Waals surface area contributed by atoms with Crippen molar-refractivity contribution < 1.29 is 9.59 Å². The summed E-state index contributed by atoms with van der Waals surface area (Å²) in [5.41, 5.74) is -0.243. The van der Waals surface area contributed by atoms with Gasteiger partial charge in [0.25, 0.3) is 0 Å². The van der Waals surface area contributed by atoms with Crippen molar-refractivity contribution >= 4 is 11.8 Å². The van der Waals surface area contributed by atoms with Crippen LogP contribution >= 0.6 is 0 Å². The molecule has 0 aliphatic carbocycles. The summed E-state index contributed by atoms with van der Waals surface area (Å²) in [6, 6.07) is -0.187. The van der Waals surface area contributed by atoms with Crippen LogP contribution in [-0.4, -0.2) is 35.3 Å². The maximum absolute atomic E-state index is 12.7. The van der Waals surface area contributed by atoms with E-state index in [9.17, 15) is 9.59 Å². The van der Waals surface area contributed by atoms with Crippen LogP contribution in [0.15, 0.2) is 0 Å². The third-order valence-electron chi connectivity index (χ3n) is 3.97. The van der Waals surface area contributed by atoms with Crippen molar-refractivity contribution in [1.82, 2.24) is 10.2 Å². The molecule has 2 amide bonds. The smallest absolute Gasteiger partial charge is 0.246 e. The maximum Gasteiger partial charge on any atom is 0.246 e. The van der Waals surface area contributed by atoms with Crippen LogP contribution < -0.4 is 5.32 Å². The number of unbranched alkanes of at least 4 members (excludes halogenated alkanes) is 1. The molecule has 1 N–H and O–H groups in total. The first-order valence-electron chi connectivity index (χ1n) is 7.91. The number of hydrogen-bond acceptors (Lipinski definition) is 2. The van der Waals surface area contributed by atoms with Gasteiger partial charge >= 0.3 is 0 Å². The first-order chi connectivity index (χ1) is 9.31. The van der Waals surface area contributed by atoms with E-state index in [4.69, 9.17) is 0 Å². The molecule has 4 heteroatoms. The van der Waals surface area contributed by atoms with Gasteiger partial charge in [0.05, 0.1) is 6.54 Å². The number of piperazine rings is 1. The summed E-state index contributed by atoms with van der Waals surface area (Å²) >= 11 is 0. The van der Waals surface area contributed by atoms with Crippen LogP contribution in [0.5, 0.6) is 0 Å². The van der Waals surface area contributed by atoms with Crippen LogP contribution in [0.3, 0.4) is 0 Å². The molecule has 1 aliphatic rings. The van der Waals surface area contributed by atoms with Crippen LogP contribution in [0.2, 0.25) is 0 Å². The molecular weight excluding hydrogens is 252 g/mol. The van der Waals surface area contributed by atoms with Crippen molar-refractivity contribution in [3.8, 4) is 0 Å². The highest BCUT2D eigenvalue weighted by atomic mass is 16.2. The molecule has 20 heavy (non-hydrogen) atoms. The van der Waals surface area contributed by atoms with E-state index >= 15 is 0 Å². The summed E-state index contributed by atoms with van der Waals surface area (Å²) in [5, 5.41) is 2.86. The van der Waals surface area contributed by atoms with Crippen LogP contribution in [0, 0.1) is 5.41 Å². The van der Waals surface area contributed by atoms with Gasteiger partial charge in [-0.25, -0.2) is 0 Å². The molecule has 116 valence electrons. The van der Waals surface area contributed by atoms with Gasteiger partial charge in [0.1, 0.15) is 6.04 Å². The molecule has 0 spiro atoms. The van der Waals surface area contributed by atoms with E-state index in [1.54, 1.807) is 0 Å². The molecule has 2 atom stereocenters. The largest absolute Gasteiger partial charge is 0.342 e. The van der Waals surface area contributed by atoms with Gasteiger partial charge in [-0.05, 0) is 18.3 Å². The molecule has 1 fully saturated rings. The zero-order chi connectivity index (χ0) is 15.3. The summed E-state index contributed by atoms with van der Waals surface area (Å²) in [5.74, 6) is 0.0637. The molecule has 1 aliphatic heterocycles. The van der Waals surface area contributed by atoms with Crippen molar-refractivity contribution in [3.63, 3.8) is 0 Å². The maximum atomic E-state index is 12.7. The normalized spacial score (nSPS) is 21.9. The quantitative estimate of drug-likeness (QED) is 0.814. The third kappa shape index (κ3) is 4.22. The molecule has 1 heterocycles. The van der Waals surface area contributed by atoms with Gasteiger partial charge in [0.2, 0.25) is 11.8 Å². The average Bonchev–Trinajstić information content (AvgIpc) is 2.35. The highest BCUT2D eigenvalue weighted by Crippen LogP contribution is 2.26.